The lowest BCUT2D eigenvalue weighted by Crippen LogP contribution is -2.21. The minimum absolute atomic E-state index is 0.554. The number of para-hydroxylation sites is 1. The fraction of sp³-hybridized carbons (Fsp3) is 0.400. The molecule has 0 saturated carbocycles. The highest BCUT2D eigenvalue weighted by atomic mass is 16.5. The first-order chi connectivity index (χ1) is 6.88. The maximum Gasteiger partial charge on any atom is 0.123 e. The second-order valence-electron chi connectivity index (χ2n) is 2.83. The number of rotatable bonds is 6. The normalized spacial score (nSPS) is 10.1. The van der Waals surface area contributed by atoms with E-state index in [2.05, 4.69) is 5.43 Å². The molecule has 4 nitrogen and oxygen atoms in total. The molecular formula is C10H16N2O2. The third-order valence-corrected chi connectivity index (χ3v) is 1.81. The van der Waals surface area contributed by atoms with Crippen LogP contribution in [-0.4, -0.2) is 20.3 Å². The van der Waals surface area contributed by atoms with E-state index in [1.165, 1.54) is 0 Å². The van der Waals surface area contributed by atoms with Crippen LogP contribution in [0.4, 0.5) is 0 Å². The Hall–Kier alpha value is -1.10. The van der Waals surface area contributed by atoms with Crippen molar-refractivity contribution in [1.82, 2.24) is 5.43 Å². The van der Waals surface area contributed by atoms with Crippen molar-refractivity contribution in [3.05, 3.63) is 29.8 Å². The molecule has 1 rings (SSSR count). The highest BCUT2D eigenvalue weighted by Crippen LogP contribution is 2.17. The molecule has 0 atom stereocenters. The largest absolute Gasteiger partial charge is 0.491 e. The summed E-state index contributed by atoms with van der Waals surface area (Å²) in [6.45, 7) is 1.74. The molecule has 0 saturated heterocycles. The third kappa shape index (κ3) is 3.33. The Labute approximate surface area is 84.0 Å². The van der Waals surface area contributed by atoms with Crippen LogP contribution >= 0.6 is 0 Å². The van der Waals surface area contributed by atoms with Gasteiger partial charge in [-0.25, -0.2) is 0 Å². The molecule has 0 aliphatic heterocycles. The maximum atomic E-state index is 5.51. The Bertz CT molecular complexity index is 266. The van der Waals surface area contributed by atoms with Gasteiger partial charge >= 0.3 is 0 Å². The molecule has 1 aromatic rings. The van der Waals surface area contributed by atoms with Gasteiger partial charge in [-0.3, -0.25) is 11.3 Å². The van der Waals surface area contributed by atoms with Gasteiger partial charge in [-0.2, -0.15) is 0 Å². The number of methoxy groups -OCH3 is 1. The molecule has 4 heteroatoms. The summed E-state index contributed by atoms with van der Waals surface area (Å²) in [7, 11) is 1.65. The zero-order chi connectivity index (χ0) is 10.2. The van der Waals surface area contributed by atoms with Crippen LogP contribution in [0.3, 0.4) is 0 Å². The summed E-state index contributed by atoms with van der Waals surface area (Å²) in [6.07, 6.45) is 0. The van der Waals surface area contributed by atoms with Gasteiger partial charge in [0.25, 0.3) is 0 Å². The number of hydrazine groups is 1. The van der Waals surface area contributed by atoms with Crippen LogP contribution in [0.15, 0.2) is 24.3 Å². The van der Waals surface area contributed by atoms with Crippen molar-refractivity contribution < 1.29 is 9.47 Å². The summed E-state index contributed by atoms with van der Waals surface area (Å²) >= 11 is 0. The van der Waals surface area contributed by atoms with Crippen molar-refractivity contribution in [2.24, 2.45) is 5.84 Å². The summed E-state index contributed by atoms with van der Waals surface area (Å²) in [5, 5.41) is 0. The predicted octanol–water partition coefficient (Wildman–Crippen LogP) is 0.675. The van der Waals surface area contributed by atoms with Crippen LogP contribution < -0.4 is 16.0 Å². The molecule has 0 heterocycles. The molecule has 0 fully saturated rings. The Balaban J connectivity index is 2.55. The molecule has 0 unspecified atom stereocenters. The molecule has 0 aromatic heterocycles. The zero-order valence-corrected chi connectivity index (χ0v) is 8.32. The summed E-state index contributed by atoms with van der Waals surface area (Å²) in [5.41, 5.74) is 3.65. The van der Waals surface area contributed by atoms with Gasteiger partial charge in [0.1, 0.15) is 12.4 Å². The number of benzene rings is 1. The lowest BCUT2D eigenvalue weighted by molar-refractivity contribution is 0.145. The van der Waals surface area contributed by atoms with E-state index in [1.54, 1.807) is 7.11 Å². The van der Waals surface area contributed by atoms with Gasteiger partial charge in [0, 0.05) is 19.2 Å². The zero-order valence-electron chi connectivity index (χ0n) is 8.32. The minimum atomic E-state index is 0.554. The van der Waals surface area contributed by atoms with Crippen molar-refractivity contribution >= 4 is 0 Å². The Morgan fingerprint density at radius 1 is 1.29 bits per heavy atom. The first-order valence-electron chi connectivity index (χ1n) is 4.51. The van der Waals surface area contributed by atoms with Gasteiger partial charge in [0.2, 0.25) is 0 Å². The van der Waals surface area contributed by atoms with Gasteiger partial charge in [0.05, 0.1) is 6.61 Å². The fourth-order valence-corrected chi connectivity index (χ4v) is 1.14. The number of ether oxygens (including phenoxy) is 2. The molecule has 0 radical (unpaired) electrons. The molecule has 78 valence electrons. The van der Waals surface area contributed by atoms with Crippen LogP contribution in [-0.2, 0) is 11.3 Å². The molecule has 1 aromatic carbocycles. The van der Waals surface area contributed by atoms with Crippen molar-refractivity contribution in [2.45, 2.75) is 6.54 Å². The van der Waals surface area contributed by atoms with Gasteiger partial charge in [-0.05, 0) is 6.07 Å². The fourth-order valence-electron chi connectivity index (χ4n) is 1.14. The number of nitrogens with one attached hydrogen (secondary N) is 1. The van der Waals surface area contributed by atoms with Crippen LogP contribution in [0, 0.1) is 0 Å². The highest BCUT2D eigenvalue weighted by Gasteiger charge is 2.00. The Morgan fingerprint density at radius 2 is 2.07 bits per heavy atom. The Morgan fingerprint density at radius 3 is 2.79 bits per heavy atom. The summed E-state index contributed by atoms with van der Waals surface area (Å²) in [6, 6.07) is 7.78. The lowest BCUT2D eigenvalue weighted by Gasteiger charge is -2.10. The first kappa shape index (κ1) is 11.0. The maximum absolute atomic E-state index is 5.51. The molecule has 0 spiro atoms. The summed E-state index contributed by atoms with van der Waals surface area (Å²) < 4.78 is 10.4. The van der Waals surface area contributed by atoms with Crippen LogP contribution in [0.2, 0.25) is 0 Å². The first-order valence-corrected chi connectivity index (χ1v) is 4.51. The smallest absolute Gasteiger partial charge is 0.123 e. The number of hydrogen-bond acceptors (Lipinski definition) is 4. The summed E-state index contributed by atoms with van der Waals surface area (Å²) in [5.74, 6) is 6.10. The van der Waals surface area contributed by atoms with Crippen molar-refractivity contribution in [3.8, 4) is 5.75 Å². The standard InChI is InChI=1S/C10H16N2O2/c1-13-6-7-14-10-5-3-2-4-9(10)8-12-11/h2-5,12H,6-8,11H2,1H3. The minimum Gasteiger partial charge on any atom is -0.491 e. The second kappa shape index (κ2) is 6.37. The van der Waals surface area contributed by atoms with Gasteiger partial charge < -0.3 is 9.47 Å². The highest BCUT2D eigenvalue weighted by molar-refractivity contribution is 5.33. The molecule has 14 heavy (non-hydrogen) atoms. The van der Waals surface area contributed by atoms with Gasteiger partial charge in [-0.1, -0.05) is 18.2 Å². The van der Waals surface area contributed by atoms with Crippen molar-refractivity contribution in [2.75, 3.05) is 20.3 Å². The molecule has 3 N–H and O–H groups in total. The molecule has 0 aliphatic carbocycles. The topological polar surface area (TPSA) is 56.5 Å². The van der Waals surface area contributed by atoms with E-state index in [1.807, 2.05) is 24.3 Å². The monoisotopic (exact) mass is 196 g/mol. The third-order valence-electron chi connectivity index (χ3n) is 1.81. The van der Waals surface area contributed by atoms with E-state index in [0.29, 0.717) is 19.8 Å². The molecule has 0 bridgehead atoms. The molecular weight excluding hydrogens is 180 g/mol. The second-order valence-corrected chi connectivity index (χ2v) is 2.83. The average Bonchev–Trinajstić information content (AvgIpc) is 2.21. The Kier molecular flexibility index (Phi) is 4.99. The SMILES string of the molecule is COCCOc1ccccc1CNN. The van der Waals surface area contributed by atoms with Crippen molar-refractivity contribution in [3.63, 3.8) is 0 Å². The van der Waals surface area contributed by atoms with Crippen molar-refractivity contribution in [1.29, 1.82) is 0 Å². The summed E-state index contributed by atoms with van der Waals surface area (Å²) in [4.78, 5) is 0. The molecule has 0 aliphatic rings. The van der Waals surface area contributed by atoms with Crippen LogP contribution in [0.5, 0.6) is 5.75 Å². The van der Waals surface area contributed by atoms with E-state index in [0.717, 1.165) is 11.3 Å². The quantitative estimate of drug-likeness (QED) is 0.399. The number of nitrogens with two attached hydrogens (primary N) is 1. The van der Waals surface area contributed by atoms with Gasteiger partial charge in [0.15, 0.2) is 0 Å². The predicted molar refractivity (Wildman–Crippen MR) is 54.8 cm³/mol. The van der Waals surface area contributed by atoms with E-state index >= 15 is 0 Å². The molecule has 0 amide bonds. The lowest BCUT2D eigenvalue weighted by atomic mass is 10.2. The van der Waals surface area contributed by atoms with E-state index in [-0.39, 0.29) is 0 Å². The van der Waals surface area contributed by atoms with E-state index in [9.17, 15) is 0 Å². The van der Waals surface area contributed by atoms with Crippen LogP contribution in [0.1, 0.15) is 5.56 Å². The van der Waals surface area contributed by atoms with Crippen LogP contribution in [0.25, 0.3) is 0 Å². The van der Waals surface area contributed by atoms with E-state index in [4.69, 9.17) is 15.3 Å². The number of hydrogen-bond donors (Lipinski definition) is 2. The van der Waals surface area contributed by atoms with E-state index < -0.39 is 0 Å². The van der Waals surface area contributed by atoms with Gasteiger partial charge in [-0.15, -0.1) is 0 Å². The average molecular weight is 196 g/mol.